The number of Topliss-reactive ketones (excluding diaryl/α,β-unsaturated/α-hetero) is 1. The molecule has 0 atom stereocenters. The Hall–Kier alpha value is -1.31. The van der Waals surface area contributed by atoms with Gasteiger partial charge in [-0.1, -0.05) is 25.3 Å². The third-order valence-corrected chi connectivity index (χ3v) is 4.47. The van der Waals surface area contributed by atoms with E-state index in [0.29, 0.717) is 18.0 Å². The van der Waals surface area contributed by atoms with Gasteiger partial charge in [-0.25, -0.2) is 0 Å². The van der Waals surface area contributed by atoms with E-state index >= 15 is 0 Å². The Kier molecular flexibility index (Phi) is 2.46. The highest BCUT2D eigenvalue weighted by atomic mass is 16.3. The van der Waals surface area contributed by atoms with E-state index in [1.807, 2.05) is 12.1 Å². The predicted molar refractivity (Wildman–Crippen MR) is 66.2 cm³/mol. The molecule has 1 fully saturated rings. The minimum Gasteiger partial charge on any atom is -0.508 e. The zero-order valence-electron chi connectivity index (χ0n) is 10.0. The lowest BCUT2D eigenvalue weighted by atomic mass is 9.62. The number of phenolic OH excluding ortho intramolecular Hbond substituents is 1. The number of hydrogen-bond donors (Lipinski definition) is 1. The van der Waals surface area contributed by atoms with Crippen LogP contribution in [0, 0.1) is 0 Å². The lowest BCUT2D eigenvalue weighted by molar-refractivity contribution is -0.126. The Morgan fingerprint density at radius 3 is 2.59 bits per heavy atom. The number of carbonyl (C=O) groups is 1. The van der Waals surface area contributed by atoms with Crippen LogP contribution in [0.3, 0.4) is 0 Å². The molecule has 2 aliphatic rings. The summed E-state index contributed by atoms with van der Waals surface area (Å²) >= 11 is 0. The smallest absolute Gasteiger partial charge is 0.143 e. The number of carbonyl (C=O) groups excluding carboxylic acids is 1. The van der Waals surface area contributed by atoms with Gasteiger partial charge in [0.25, 0.3) is 0 Å². The van der Waals surface area contributed by atoms with E-state index < -0.39 is 0 Å². The second-order valence-corrected chi connectivity index (χ2v) is 5.41. The predicted octanol–water partition coefficient (Wildman–Crippen LogP) is 3.11. The van der Waals surface area contributed by atoms with Crippen LogP contribution in [0.15, 0.2) is 18.2 Å². The Morgan fingerprint density at radius 2 is 1.82 bits per heavy atom. The van der Waals surface area contributed by atoms with Gasteiger partial charge in [-0.2, -0.15) is 0 Å². The van der Waals surface area contributed by atoms with Gasteiger partial charge in [-0.3, -0.25) is 4.79 Å². The molecule has 1 aromatic carbocycles. The van der Waals surface area contributed by atoms with Gasteiger partial charge in [0.1, 0.15) is 11.5 Å². The number of hydrogen-bond acceptors (Lipinski definition) is 2. The van der Waals surface area contributed by atoms with Crippen molar-refractivity contribution in [3.05, 3.63) is 29.3 Å². The number of ketones is 1. The fraction of sp³-hybridized carbons (Fsp3) is 0.533. The Labute approximate surface area is 102 Å². The molecule has 1 spiro atoms. The molecule has 17 heavy (non-hydrogen) atoms. The molecule has 1 aromatic rings. The van der Waals surface area contributed by atoms with Crippen molar-refractivity contribution < 1.29 is 9.90 Å². The molecule has 1 saturated carbocycles. The summed E-state index contributed by atoms with van der Waals surface area (Å²) in [5.41, 5.74) is 2.13. The van der Waals surface area contributed by atoms with E-state index in [9.17, 15) is 9.90 Å². The van der Waals surface area contributed by atoms with Gasteiger partial charge in [0.05, 0.1) is 5.41 Å². The van der Waals surface area contributed by atoms with Crippen molar-refractivity contribution in [2.45, 2.75) is 50.4 Å². The van der Waals surface area contributed by atoms with Crippen molar-refractivity contribution in [1.29, 1.82) is 0 Å². The van der Waals surface area contributed by atoms with Gasteiger partial charge in [0.2, 0.25) is 0 Å². The second kappa shape index (κ2) is 3.86. The zero-order chi connectivity index (χ0) is 11.9. The molecule has 0 radical (unpaired) electrons. The molecule has 2 nitrogen and oxygen atoms in total. The van der Waals surface area contributed by atoms with Gasteiger partial charge in [-0.15, -0.1) is 0 Å². The molecule has 0 bridgehead atoms. The maximum absolute atomic E-state index is 12.4. The molecule has 1 N–H and O–H groups in total. The highest BCUT2D eigenvalue weighted by molar-refractivity contribution is 5.92. The maximum atomic E-state index is 12.4. The van der Waals surface area contributed by atoms with Crippen LogP contribution in [0.1, 0.15) is 49.7 Å². The van der Waals surface area contributed by atoms with E-state index in [1.165, 1.54) is 12.0 Å². The quantitative estimate of drug-likeness (QED) is 0.743. The highest BCUT2D eigenvalue weighted by Gasteiger charge is 2.44. The van der Waals surface area contributed by atoms with Crippen molar-refractivity contribution in [2.75, 3.05) is 0 Å². The standard InChI is InChI=1S/C15H18O2/c16-12-6-4-11-5-7-14(17)15(13(11)10-12)8-2-1-3-9-15/h4,6,10,16H,1-3,5,7-9H2. The first kappa shape index (κ1) is 10.8. The highest BCUT2D eigenvalue weighted by Crippen LogP contribution is 2.46. The monoisotopic (exact) mass is 230 g/mol. The second-order valence-electron chi connectivity index (χ2n) is 5.41. The van der Waals surface area contributed by atoms with Crippen LogP contribution < -0.4 is 0 Å². The summed E-state index contributed by atoms with van der Waals surface area (Å²) in [5.74, 6) is 0.693. The summed E-state index contributed by atoms with van der Waals surface area (Å²) in [7, 11) is 0. The van der Waals surface area contributed by atoms with Crippen molar-refractivity contribution in [3.63, 3.8) is 0 Å². The first-order valence-electron chi connectivity index (χ1n) is 6.58. The number of aromatic hydroxyl groups is 1. The fourth-order valence-electron chi connectivity index (χ4n) is 3.57. The van der Waals surface area contributed by atoms with Gasteiger partial charge >= 0.3 is 0 Å². The molecular weight excluding hydrogens is 212 g/mol. The minimum atomic E-state index is -0.259. The van der Waals surface area contributed by atoms with Gasteiger partial charge < -0.3 is 5.11 Å². The molecule has 2 heteroatoms. The van der Waals surface area contributed by atoms with E-state index in [4.69, 9.17) is 0 Å². The molecule has 0 aliphatic heterocycles. The van der Waals surface area contributed by atoms with Crippen molar-refractivity contribution in [1.82, 2.24) is 0 Å². The third kappa shape index (κ3) is 1.58. The Balaban J connectivity index is 2.14. The first-order valence-corrected chi connectivity index (χ1v) is 6.58. The van der Waals surface area contributed by atoms with E-state index in [0.717, 1.165) is 37.7 Å². The SMILES string of the molecule is O=C1CCc2ccc(O)cc2C12CCCCC2. The maximum Gasteiger partial charge on any atom is 0.143 e. The molecule has 0 saturated heterocycles. The third-order valence-electron chi connectivity index (χ3n) is 4.47. The Bertz CT molecular complexity index is 456. The van der Waals surface area contributed by atoms with Gasteiger partial charge in [-0.05, 0) is 42.5 Å². The topological polar surface area (TPSA) is 37.3 Å². The minimum absolute atomic E-state index is 0.259. The lowest BCUT2D eigenvalue weighted by Crippen LogP contribution is -2.41. The summed E-state index contributed by atoms with van der Waals surface area (Å²) < 4.78 is 0. The van der Waals surface area contributed by atoms with Gasteiger partial charge in [0.15, 0.2) is 0 Å². The van der Waals surface area contributed by atoms with Crippen molar-refractivity contribution >= 4 is 5.78 Å². The summed E-state index contributed by atoms with van der Waals surface area (Å²) in [4.78, 5) is 12.4. The summed E-state index contributed by atoms with van der Waals surface area (Å²) in [6.45, 7) is 0. The largest absolute Gasteiger partial charge is 0.508 e. The molecule has 90 valence electrons. The van der Waals surface area contributed by atoms with E-state index in [-0.39, 0.29) is 5.41 Å². The lowest BCUT2D eigenvalue weighted by Gasteiger charge is -2.40. The number of aryl methyl sites for hydroxylation is 1. The van der Waals surface area contributed by atoms with E-state index in [2.05, 4.69) is 0 Å². The normalized spacial score (nSPS) is 22.5. The summed E-state index contributed by atoms with van der Waals surface area (Å²) in [6, 6.07) is 5.57. The fourth-order valence-corrected chi connectivity index (χ4v) is 3.57. The van der Waals surface area contributed by atoms with Crippen LogP contribution in [0.2, 0.25) is 0 Å². The van der Waals surface area contributed by atoms with Crippen LogP contribution in [0.5, 0.6) is 5.75 Å². The Morgan fingerprint density at radius 1 is 1.06 bits per heavy atom. The first-order chi connectivity index (χ1) is 8.22. The number of rotatable bonds is 0. The average Bonchev–Trinajstić information content (AvgIpc) is 2.36. The molecular formula is C15H18O2. The molecule has 0 aromatic heterocycles. The van der Waals surface area contributed by atoms with Crippen molar-refractivity contribution in [3.8, 4) is 5.75 Å². The molecule has 0 unspecified atom stereocenters. The molecule has 0 amide bonds. The van der Waals surface area contributed by atoms with Gasteiger partial charge in [0, 0.05) is 6.42 Å². The molecule has 3 rings (SSSR count). The number of fused-ring (bicyclic) bond motifs is 2. The van der Waals surface area contributed by atoms with Crippen molar-refractivity contribution in [2.24, 2.45) is 0 Å². The van der Waals surface area contributed by atoms with Crippen LogP contribution in [0.4, 0.5) is 0 Å². The molecule has 0 heterocycles. The zero-order valence-corrected chi connectivity index (χ0v) is 10.0. The average molecular weight is 230 g/mol. The number of benzene rings is 1. The summed E-state index contributed by atoms with van der Waals surface area (Å²) in [6.07, 6.45) is 6.99. The number of phenols is 1. The van der Waals surface area contributed by atoms with Crippen LogP contribution in [0.25, 0.3) is 0 Å². The van der Waals surface area contributed by atoms with E-state index in [1.54, 1.807) is 6.07 Å². The molecule has 2 aliphatic carbocycles. The van der Waals surface area contributed by atoms with Crippen LogP contribution in [-0.2, 0) is 16.6 Å². The van der Waals surface area contributed by atoms with Crippen LogP contribution in [-0.4, -0.2) is 10.9 Å². The summed E-state index contributed by atoms with van der Waals surface area (Å²) in [5, 5.41) is 9.68. The van der Waals surface area contributed by atoms with Crippen LogP contribution >= 0.6 is 0 Å².